The van der Waals surface area contributed by atoms with Crippen LogP contribution < -0.4 is 20.7 Å². The Kier molecular flexibility index (Phi) is 4.80. The number of nitrogens with one attached hydrogen (secondary N) is 3. The van der Waals surface area contributed by atoms with Crippen LogP contribution in [0.15, 0.2) is 42.5 Å². The lowest BCUT2D eigenvalue weighted by molar-refractivity contribution is 0.102. The molecule has 1 amide bonds. The fourth-order valence-electron chi connectivity index (χ4n) is 3.62. The first-order valence-corrected chi connectivity index (χ1v) is 9.35. The van der Waals surface area contributed by atoms with E-state index in [1.807, 2.05) is 42.5 Å². The molecule has 0 aromatic heterocycles. The molecule has 2 heterocycles. The Balaban J connectivity index is 1.38. The van der Waals surface area contributed by atoms with E-state index >= 15 is 0 Å². The molecule has 0 spiro atoms. The summed E-state index contributed by atoms with van der Waals surface area (Å²) >= 11 is 0. The quantitative estimate of drug-likeness (QED) is 0.790. The normalized spacial score (nSPS) is 19.5. The third-order valence-electron chi connectivity index (χ3n) is 5.00. The summed E-state index contributed by atoms with van der Waals surface area (Å²) in [7, 11) is 0. The molecule has 2 aliphatic rings. The Hall–Kier alpha value is -2.53. The molecule has 0 bridgehead atoms. The van der Waals surface area contributed by atoms with Crippen LogP contribution in [0.25, 0.3) is 0 Å². The summed E-state index contributed by atoms with van der Waals surface area (Å²) in [5, 5.41) is 9.70. The van der Waals surface area contributed by atoms with Crippen molar-refractivity contribution in [1.82, 2.24) is 5.32 Å². The highest BCUT2D eigenvalue weighted by Crippen LogP contribution is 2.27. The molecule has 2 aliphatic heterocycles. The lowest BCUT2D eigenvalue weighted by Gasteiger charge is -2.23. The number of hydrogen-bond acceptors (Lipinski definition) is 4. The van der Waals surface area contributed by atoms with Gasteiger partial charge < -0.3 is 20.7 Å². The van der Waals surface area contributed by atoms with Gasteiger partial charge in [0.25, 0.3) is 5.91 Å². The summed E-state index contributed by atoms with van der Waals surface area (Å²) in [6, 6.07) is 13.9. The van der Waals surface area contributed by atoms with E-state index in [0.29, 0.717) is 11.6 Å². The lowest BCUT2D eigenvalue weighted by atomic mass is 10.1. The molecule has 0 unspecified atom stereocenters. The highest BCUT2D eigenvalue weighted by molar-refractivity contribution is 6.04. The van der Waals surface area contributed by atoms with E-state index in [-0.39, 0.29) is 12.0 Å². The van der Waals surface area contributed by atoms with Crippen LogP contribution in [0.1, 0.15) is 35.7 Å². The first-order valence-electron chi connectivity index (χ1n) is 9.35. The van der Waals surface area contributed by atoms with Crippen LogP contribution in [0.3, 0.4) is 0 Å². The highest BCUT2D eigenvalue weighted by Gasteiger charge is 2.18. The van der Waals surface area contributed by atoms with Gasteiger partial charge in [0, 0.05) is 23.0 Å². The van der Waals surface area contributed by atoms with Crippen LogP contribution in [0.5, 0.6) is 5.75 Å². The van der Waals surface area contributed by atoms with Gasteiger partial charge >= 0.3 is 0 Å². The highest BCUT2D eigenvalue weighted by atomic mass is 16.5. The minimum Gasteiger partial charge on any atom is -0.490 e. The molecule has 4 rings (SSSR count). The second-order valence-corrected chi connectivity index (χ2v) is 7.17. The van der Waals surface area contributed by atoms with Crippen molar-refractivity contribution in [1.29, 1.82) is 0 Å². The molecule has 0 radical (unpaired) electrons. The zero-order valence-electron chi connectivity index (χ0n) is 15.0. The average Bonchev–Trinajstić information content (AvgIpc) is 3.03. The molecule has 1 fully saturated rings. The number of piperidine rings is 1. The Bertz CT molecular complexity index is 782. The first kappa shape index (κ1) is 16.9. The number of fused-ring (bicyclic) bond motifs is 1. The first-order chi connectivity index (χ1) is 12.7. The summed E-state index contributed by atoms with van der Waals surface area (Å²) < 4.78 is 6.00. The Morgan fingerprint density at radius 2 is 1.88 bits per heavy atom. The number of carbonyl (C=O) groups excluding carboxylic acids is 1. The summed E-state index contributed by atoms with van der Waals surface area (Å²) in [5.74, 6) is 0.770. The van der Waals surface area contributed by atoms with Gasteiger partial charge in [0.1, 0.15) is 11.9 Å². The van der Waals surface area contributed by atoms with Gasteiger partial charge in [0.15, 0.2) is 0 Å². The molecular formula is C21H25N3O2. The molecule has 1 saturated heterocycles. The van der Waals surface area contributed by atoms with Crippen molar-refractivity contribution in [3.8, 4) is 5.75 Å². The number of ether oxygens (including phenoxy) is 1. The van der Waals surface area contributed by atoms with E-state index in [0.717, 1.165) is 49.5 Å². The van der Waals surface area contributed by atoms with E-state index in [2.05, 4.69) is 22.9 Å². The second kappa shape index (κ2) is 7.38. The van der Waals surface area contributed by atoms with Crippen molar-refractivity contribution in [2.24, 2.45) is 0 Å². The standard InChI is InChI=1S/C21H25N3O2/c1-14-12-16-13-15(2-7-20(16)23-14)21(25)24-17-3-5-18(6-4-17)26-19-8-10-22-11-9-19/h2-7,13-14,19,22-23H,8-12H2,1H3,(H,24,25)/t14-/m0/s1. The summed E-state index contributed by atoms with van der Waals surface area (Å²) in [6.07, 6.45) is 3.30. The Labute approximate surface area is 154 Å². The maximum absolute atomic E-state index is 12.5. The van der Waals surface area contributed by atoms with Gasteiger partial charge in [-0.2, -0.15) is 0 Å². The fraction of sp³-hybridized carbons (Fsp3) is 0.381. The largest absolute Gasteiger partial charge is 0.490 e. The van der Waals surface area contributed by atoms with Gasteiger partial charge in [0.2, 0.25) is 0 Å². The number of amides is 1. The van der Waals surface area contributed by atoms with E-state index in [4.69, 9.17) is 4.74 Å². The van der Waals surface area contributed by atoms with E-state index in [1.165, 1.54) is 5.56 Å². The monoisotopic (exact) mass is 351 g/mol. The number of anilines is 2. The average molecular weight is 351 g/mol. The second-order valence-electron chi connectivity index (χ2n) is 7.17. The Morgan fingerprint density at radius 1 is 1.12 bits per heavy atom. The summed E-state index contributed by atoms with van der Waals surface area (Å²) in [6.45, 7) is 4.16. The number of rotatable bonds is 4. The third kappa shape index (κ3) is 3.83. The lowest BCUT2D eigenvalue weighted by Crippen LogP contribution is -2.34. The van der Waals surface area contributed by atoms with E-state index in [1.54, 1.807) is 0 Å². The molecule has 1 atom stereocenters. The molecule has 136 valence electrons. The molecule has 2 aromatic rings. The van der Waals surface area contributed by atoms with Gasteiger partial charge in [-0.15, -0.1) is 0 Å². The topological polar surface area (TPSA) is 62.4 Å². The van der Waals surface area contributed by atoms with Gasteiger partial charge in [-0.1, -0.05) is 0 Å². The zero-order chi connectivity index (χ0) is 17.9. The predicted molar refractivity (Wildman–Crippen MR) is 104 cm³/mol. The van der Waals surface area contributed by atoms with Crippen molar-refractivity contribution >= 4 is 17.3 Å². The van der Waals surface area contributed by atoms with Crippen molar-refractivity contribution in [2.75, 3.05) is 23.7 Å². The molecule has 5 heteroatoms. The van der Waals surface area contributed by atoms with Crippen LogP contribution in [0, 0.1) is 0 Å². The minimum atomic E-state index is -0.0839. The van der Waals surface area contributed by atoms with Crippen LogP contribution in [-0.2, 0) is 6.42 Å². The molecule has 0 saturated carbocycles. The maximum atomic E-state index is 12.5. The van der Waals surface area contributed by atoms with Crippen LogP contribution in [-0.4, -0.2) is 31.1 Å². The maximum Gasteiger partial charge on any atom is 0.255 e. The molecular weight excluding hydrogens is 326 g/mol. The number of hydrogen-bond donors (Lipinski definition) is 3. The van der Waals surface area contributed by atoms with Crippen molar-refractivity contribution in [3.63, 3.8) is 0 Å². The van der Waals surface area contributed by atoms with Gasteiger partial charge in [-0.3, -0.25) is 4.79 Å². The van der Waals surface area contributed by atoms with Crippen LogP contribution in [0.4, 0.5) is 11.4 Å². The molecule has 2 aromatic carbocycles. The molecule has 26 heavy (non-hydrogen) atoms. The van der Waals surface area contributed by atoms with Crippen molar-refractivity contribution in [2.45, 2.75) is 38.3 Å². The van der Waals surface area contributed by atoms with Crippen molar-refractivity contribution < 1.29 is 9.53 Å². The zero-order valence-corrected chi connectivity index (χ0v) is 15.0. The third-order valence-corrected chi connectivity index (χ3v) is 5.00. The molecule has 0 aliphatic carbocycles. The number of carbonyl (C=O) groups is 1. The van der Waals surface area contributed by atoms with Gasteiger partial charge in [-0.25, -0.2) is 0 Å². The SMILES string of the molecule is C[C@H]1Cc2cc(C(=O)Nc3ccc(OC4CCNCC4)cc3)ccc2N1. The van der Waals surface area contributed by atoms with E-state index < -0.39 is 0 Å². The van der Waals surface area contributed by atoms with Crippen LogP contribution >= 0.6 is 0 Å². The molecule has 3 N–H and O–H groups in total. The van der Waals surface area contributed by atoms with Gasteiger partial charge in [-0.05, 0) is 87.3 Å². The van der Waals surface area contributed by atoms with Gasteiger partial charge in [0.05, 0.1) is 0 Å². The summed E-state index contributed by atoms with van der Waals surface area (Å²) in [5.41, 5.74) is 3.80. The minimum absolute atomic E-state index is 0.0839. The Morgan fingerprint density at radius 3 is 2.65 bits per heavy atom. The van der Waals surface area contributed by atoms with Crippen molar-refractivity contribution in [3.05, 3.63) is 53.6 Å². The fourth-order valence-corrected chi connectivity index (χ4v) is 3.62. The van der Waals surface area contributed by atoms with E-state index in [9.17, 15) is 4.79 Å². The summed E-state index contributed by atoms with van der Waals surface area (Å²) in [4.78, 5) is 12.5. The molecule has 5 nitrogen and oxygen atoms in total. The number of benzene rings is 2. The van der Waals surface area contributed by atoms with Crippen LogP contribution in [0.2, 0.25) is 0 Å². The predicted octanol–water partition coefficient (Wildman–Crippen LogP) is 3.43. The smallest absolute Gasteiger partial charge is 0.255 e.